The Bertz CT molecular complexity index is 1350. The highest BCUT2D eigenvalue weighted by atomic mass is 19.2. The molecule has 2 atom stereocenters. The minimum Gasteiger partial charge on any atom is -0.481 e. The maximum absolute atomic E-state index is 15.0. The van der Waals surface area contributed by atoms with Crippen molar-refractivity contribution in [1.29, 1.82) is 0 Å². The van der Waals surface area contributed by atoms with Crippen LogP contribution in [0.25, 0.3) is 16.8 Å². The molecule has 3 aromatic heterocycles. The molecule has 1 aromatic carbocycles. The van der Waals surface area contributed by atoms with Crippen LogP contribution in [-0.4, -0.2) is 52.0 Å². The molecule has 4 aromatic rings. The molecular formula is C23H20F4N6O. The lowest BCUT2D eigenvalue weighted by Crippen LogP contribution is -2.48. The summed E-state index contributed by atoms with van der Waals surface area (Å²) in [4.78, 5) is 10.3. The number of hydrogen-bond donors (Lipinski definition) is 1. The van der Waals surface area contributed by atoms with Crippen LogP contribution in [0, 0.1) is 17.5 Å². The molecule has 7 nitrogen and oxygen atoms in total. The van der Waals surface area contributed by atoms with Crippen LogP contribution in [0.4, 0.5) is 29.2 Å². The van der Waals surface area contributed by atoms with Crippen molar-refractivity contribution < 1.29 is 22.3 Å². The third kappa shape index (κ3) is 3.97. The van der Waals surface area contributed by atoms with Gasteiger partial charge in [-0.1, -0.05) is 0 Å². The zero-order chi connectivity index (χ0) is 23.8. The molecule has 0 unspecified atom stereocenters. The molecule has 0 radical (unpaired) electrons. The van der Waals surface area contributed by atoms with Crippen molar-refractivity contribution in [2.24, 2.45) is 0 Å². The number of rotatable bonds is 5. The Morgan fingerprint density at radius 2 is 1.94 bits per heavy atom. The Kier molecular flexibility index (Phi) is 5.68. The molecular weight excluding hydrogens is 452 g/mol. The maximum Gasteiger partial charge on any atom is 0.243 e. The molecule has 1 fully saturated rings. The second-order valence-corrected chi connectivity index (χ2v) is 7.91. The summed E-state index contributed by atoms with van der Waals surface area (Å²) in [5.41, 5.74) is 1.13. The van der Waals surface area contributed by atoms with Gasteiger partial charge in [-0.2, -0.15) is 4.98 Å². The Hall–Kier alpha value is -3.89. The van der Waals surface area contributed by atoms with Crippen molar-refractivity contribution in [1.82, 2.24) is 19.6 Å². The van der Waals surface area contributed by atoms with Crippen molar-refractivity contribution in [2.45, 2.75) is 18.6 Å². The van der Waals surface area contributed by atoms with E-state index in [9.17, 15) is 13.2 Å². The van der Waals surface area contributed by atoms with Crippen LogP contribution in [0.1, 0.15) is 6.42 Å². The van der Waals surface area contributed by atoms with Crippen LogP contribution in [0.2, 0.25) is 0 Å². The summed E-state index contributed by atoms with van der Waals surface area (Å²) in [7, 11) is 1.52. The van der Waals surface area contributed by atoms with Gasteiger partial charge in [-0.25, -0.2) is 27.1 Å². The lowest BCUT2D eigenvalue weighted by atomic mass is 10.0. The van der Waals surface area contributed by atoms with E-state index < -0.39 is 29.7 Å². The standard InChI is InChI=1S/C23H20F4N6O/c1-34-19-11-13(6-8-28-19)32-10-7-18(17(25)12-32)29-23-30-22-15(3-2-9-33(22)31-23)14-4-5-16(24)21(27)20(14)26/h2-6,8-9,11,17-18H,7,10,12H2,1H3,(H,29,31)/t17-,18+/m0/s1. The van der Waals surface area contributed by atoms with Crippen molar-refractivity contribution in [2.75, 3.05) is 30.4 Å². The largest absolute Gasteiger partial charge is 0.481 e. The van der Waals surface area contributed by atoms with E-state index in [0.29, 0.717) is 18.8 Å². The number of benzene rings is 1. The smallest absolute Gasteiger partial charge is 0.243 e. The number of halogens is 4. The van der Waals surface area contributed by atoms with E-state index in [1.165, 1.54) is 17.7 Å². The first-order chi connectivity index (χ1) is 16.4. The quantitative estimate of drug-likeness (QED) is 0.346. The van der Waals surface area contributed by atoms with Crippen LogP contribution in [-0.2, 0) is 0 Å². The highest BCUT2D eigenvalue weighted by molar-refractivity contribution is 5.78. The van der Waals surface area contributed by atoms with Gasteiger partial charge in [0.2, 0.25) is 11.8 Å². The summed E-state index contributed by atoms with van der Waals surface area (Å²) in [5.74, 6) is -3.54. The molecule has 0 saturated carbocycles. The molecule has 5 rings (SSSR count). The van der Waals surface area contributed by atoms with E-state index in [2.05, 4.69) is 20.4 Å². The highest BCUT2D eigenvalue weighted by Crippen LogP contribution is 2.30. The number of alkyl halides is 1. The van der Waals surface area contributed by atoms with Gasteiger partial charge in [0.05, 0.1) is 19.7 Å². The van der Waals surface area contributed by atoms with Crippen LogP contribution < -0.4 is 15.0 Å². The Morgan fingerprint density at radius 1 is 1.09 bits per heavy atom. The predicted molar refractivity (Wildman–Crippen MR) is 118 cm³/mol. The van der Waals surface area contributed by atoms with Crippen molar-refractivity contribution in [3.05, 3.63) is 66.2 Å². The number of aromatic nitrogens is 4. The van der Waals surface area contributed by atoms with Crippen molar-refractivity contribution in [3.63, 3.8) is 0 Å². The van der Waals surface area contributed by atoms with E-state index in [0.717, 1.165) is 17.8 Å². The average molecular weight is 472 g/mol. The molecule has 0 bridgehead atoms. The zero-order valence-electron chi connectivity index (χ0n) is 18.1. The number of fused-ring (bicyclic) bond motifs is 1. The molecule has 0 amide bonds. The van der Waals surface area contributed by atoms with Gasteiger partial charge < -0.3 is 15.0 Å². The minimum atomic E-state index is -1.56. The van der Waals surface area contributed by atoms with Gasteiger partial charge in [-0.15, -0.1) is 5.10 Å². The van der Waals surface area contributed by atoms with Crippen LogP contribution in [0.3, 0.4) is 0 Å². The number of nitrogens with zero attached hydrogens (tertiary/aromatic N) is 5. The summed E-state index contributed by atoms with van der Waals surface area (Å²) < 4.78 is 63.1. The molecule has 11 heteroatoms. The second kappa shape index (κ2) is 8.81. The first-order valence-corrected chi connectivity index (χ1v) is 10.6. The highest BCUT2D eigenvalue weighted by Gasteiger charge is 2.30. The SMILES string of the molecule is COc1cc(N2CC[C@@H](Nc3nc4c(-c5ccc(F)c(F)c5F)cccn4n3)[C@@H](F)C2)ccn1. The number of methoxy groups -OCH3 is 1. The minimum absolute atomic E-state index is 0.145. The fourth-order valence-electron chi connectivity index (χ4n) is 4.09. The van der Waals surface area contributed by atoms with Crippen LogP contribution in [0.15, 0.2) is 48.8 Å². The van der Waals surface area contributed by atoms with Gasteiger partial charge in [0.15, 0.2) is 23.1 Å². The molecule has 1 N–H and O–H groups in total. The van der Waals surface area contributed by atoms with E-state index in [-0.39, 0.29) is 29.3 Å². The first-order valence-electron chi connectivity index (χ1n) is 10.6. The number of piperidine rings is 1. The average Bonchev–Trinajstić information content (AvgIpc) is 3.27. The normalized spacial score (nSPS) is 18.3. The van der Waals surface area contributed by atoms with E-state index in [1.807, 2.05) is 4.90 Å². The second-order valence-electron chi connectivity index (χ2n) is 7.91. The molecule has 1 aliphatic rings. The molecule has 0 aliphatic carbocycles. The summed E-state index contributed by atoms with van der Waals surface area (Å²) in [6.07, 6.45) is 2.45. The van der Waals surface area contributed by atoms with E-state index in [1.54, 1.807) is 30.6 Å². The Labute approximate surface area is 192 Å². The topological polar surface area (TPSA) is 67.6 Å². The van der Waals surface area contributed by atoms with Gasteiger partial charge in [0, 0.05) is 41.8 Å². The van der Waals surface area contributed by atoms with Gasteiger partial charge in [-0.05, 0) is 36.8 Å². The van der Waals surface area contributed by atoms with Gasteiger partial charge >= 0.3 is 0 Å². The monoisotopic (exact) mass is 472 g/mol. The zero-order valence-corrected chi connectivity index (χ0v) is 18.1. The number of anilines is 2. The van der Waals surface area contributed by atoms with Crippen molar-refractivity contribution in [3.8, 4) is 17.0 Å². The van der Waals surface area contributed by atoms with Crippen molar-refractivity contribution >= 4 is 17.3 Å². The van der Waals surface area contributed by atoms with Gasteiger partial charge in [0.1, 0.15) is 6.17 Å². The maximum atomic E-state index is 15.0. The summed E-state index contributed by atoms with van der Waals surface area (Å²) in [5, 5.41) is 7.31. The molecule has 1 saturated heterocycles. The Morgan fingerprint density at radius 3 is 2.74 bits per heavy atom. The van der Waals surface area contributed by atoms with Crippen LogP contribution in [0.5, 0.6) is 5.88 Å². The fraction of sp³-hybridized carbons (Fsp3) is 0.261. The number of pyridine rings is 2. The molecule has 34 heavy (non-hydrogen) atoms. The predicted octanol–water partition coefficient (Wildman–Crippen LogP) is 4.25. The lowest BCUT2D eigenvalue weighted by Gasteiger charge is -2.36. The third-order valence-corrected chi connectivity index (χ3v) is 5.84. The van der Waals surface area contributed by atoms with E-state index >= 15 is 4.39 Å². The molecule has 4 heterocycles. The lowest BCUT2D eigenvalue weighted by molar-refractivity contribution is 0.263. The fourth-order valence-corrected chi connectivity index (χ4v) is 4.09. The molecule has 0 spiro atoms. The Balaban J connectivity index is 1.36. The molecule has 176 valence electrons. The molecule has 1 aliphatic heterocycles. The first kappa shape index (κ1) is 21.9. The van der Waals surface area contributed by atoms with Gasteiger partial charge in [0.25, 0.3) is 0 Å². The van der Waals surface area contributed by atoms with Crippen LogP contribution >= 0.6 is 0 Å². The van der Waals surface area contributed by atoms with Gasteiger partial charge in [-0.3, -0.25) is 0 Å². The summed E-state index contributed by atoms with van der Waals surface area (Å²) in [6, 6.07) is 8.12. The number of hydrogen-bond acceptors (Lipinski definition) is 6. The number of ether oxygens (including phenoxy) is 1. The number of nitrogens with one attached hydrogen (secondary N) is 1. The summed E-state index contributed by atoms with van der Waals surface area (Å²) in [6.45, 7) is 0.744. The summed E-state index contributed by atoms with van der Waals surface area (Å²) >= 11 is 0. The van der Waals surface area contributed by atoms with E-state index in [4.69, 9.17) is 4.74 Å². The third-order valence-electron chi connectivity index (χ3n) is 5.84.